The number of urea groups is 1. The molecule has 2 heterocycles. The van der Waals surface area contributed by atoms with Crippen LogP contribution in [-0.2, 0) is 4.79 Å². The summed E-state index contributed by atoms with van der Waals surface area (Å²) in [5.41, 5.74) is 0. The largest absolute Gasteiger partial charge is 0.481 e. The van der Waals surface area contributed by atoms with E-state index in [-0.39, 0.29) is 24.5 Å². The molecule has 0 radical (unpaired) electrons. The molecule has 3 unspecified atom stereocenters. The van der Waals surface area contributed by atoms with Gasteiger partial charge in [0.1, 0.15) is 0 Å². The molecule has 0 bridgehead atoms. The molecule has 2 aliphatic heterocycles. The molecule has 3 atom stereocenters. The van der Waals surface area contributed by atoms with Crippen molar-refractivity contribution in [3.05, 3.63) is 0 Å². The molecule has 0 saturated carbocycles. The highest BCUT2D eigenvalue weighted by Crippen LogP contribution is 2.26. The molecular formula is C14H24N2O3S. The first-order valence-electron chi connectivity index (χ1n) is 7.35. The summed E-state index contributed by atoms with van der Waals surface area (Å²) in [5, 5.41) is 9.01. The topological polar surface area (TPSA) is 60.9 Å². The molecule has 0 aliphatic carbocycles. The molecular weight excluding hydrogens is 276 g/mol. The van der Waals surface area contributed by atoms with Gasteiger partial charge in [-0.2, -0.15) is 11.8 Å². The van der Waals surface area contributed by atoms with Crippen molar-refractivity contribution in [3.8, 4) is 0 Å². The van der Waals surface area contributed by atoms with Gasteiger partial charge in [-0.25, -0.2) is 4.79 Å². The number of thioether (sulfide) groups is 1. The summed E-state index contributed by atoms with van der Waals surface area (Å²) in [5.74, 6) is 1.35. The third-order valence-electron chi connectivity index (χ3n) is 4.25. The van der Waals surface area contributed by atoms with E-state index in [1.54, 1.807) is 16.7 Å². The second-order valence-corrected chi connectivity index (χ2v) is 7.14. The normalized spacial score (nSPS) is 31.2. The van der Waals surface area contributed by atoms with Crippen molar-refractivity contribution in [1.82, 2.24) is 9.80 Å². The van der Waals surface area contributed by atoms with Crippen LogP contribution in [0.3, 0.4) is 0 Å². The lowest BCUT2D eigenvalue weighted by molar-refractivity contribution is -0.138. The van der Waals surface area contributed by atoms with Crippen molar-refractivity contribution in [2.45, 2.75) is 45.2 Å². The van der Waals surface area contributed by atoms with Gasteiger partial charge in [0.05, 0.1) is 12.5 Å². The average Bonchev–Trinajstić information content (AvgIpc) is 2.41. The minimum atomic E-state index is -0.824. The van der Waals surface area contributed by atoms with Gasteiger partial charge < -0.3 is 14.9 Å². The number of amides is 2. The van der Waals surface area contributed by atoms with Crippen LogP contribution >= 0.6 is 11.8 Å². The number of carbonyl (C=O) groups is 2. The van der Waals surface area contributed by atoms with Crippen LogP contribution in [0.15, 0.2) is 0 Å². The number of carboxylic acids is 1. The number of hydrogen-bond donors (Lipinski definition) is 1. The lowest BCUT2D eigenvalue weighted by atomic mass is 9.95. The SMILES string of the molecule is CC1CCC(C)N(C(=O)N2CCSCC2CC(=O)O)C1. The van der Waals surface area contributed by atoms with Crippen LogP contribution in [0.25, 0.3) is 0 Å². The van der Waals surface area contributed by atoms with E-state index in [0.717, 1.165) is 24.5 Å². The highest BCUT2D eigenvalue weighted by Gasteiger charge is 2.35. The van der Waals surface area contributed by atoms with Gasteiger partial charge in [-0.3, -0.25) is 4.79 Å². The first-order valence-corrected chi connectivity index (χ1v) is 8.51. The minimum Gasteiger partial charge on any atom is -0.481 e. The van der Waals surface area contributed by atoms with Gasteiger partial charge in [-0.15, -0.1) is 0 Å². The van der Waals surface area contributed by atoms with Crippen molar-refractivity contribution in [1.29, 1.82) is 0 Å². The van der Waals surface area contributed by atoms with Gasteiger partial charge in [0, 0.05) is 30.6 Å². The van der Waals surface area contributed by atoms with Gasteiger partial charge >= 0.3 is 12.0 Å². The maximum Gasteiger partial charge on any atom is 0.320 e. The Bertz CT molecular complexity index is 377. The Kier molecular flexibility index (Phi) is 5.18. The zero-order valence-corrected chi connectivity index (χ0v) is 13.1. The Hall–Kier alpha value is -0.910. The van der Waals surface area contributed by atoms with E-state index < -0.39 is 5.97 Å². The van der Waals surface area contributed by atoms with Crippen LogP contribution in [0, 0.1) is 5.92 Å². The van der Waals surface area contributed by atoms with E-state index in [0.29, 0.717) is 12.5 Å². The van der Waals surface area contributed by atoms with Gasteiger partial charge in [-0.1, -0.05) is 6.92 Å². The van der Waals surface area contributed by atoms with Crippen LogP contribution in [0.5, 0.6) is 0 Å². The van der Waals surface area contributed by atoms with Crippen LogP contribution in [-0.4, -0.2) is 63.6 Å². The average molecular weight is 300 g/mol. The molecule has 0 aromatic rings. The molecule has 2 rings (SSSR count). The van der Waals surface area contributed by atoms with Crippen LogP contribution in [0.2, 0.25) is 0 Å². The number of piperidine rings is 1. The Morgan fingerprint density at radius 3 is 2.70 bits per heavy atom. The standard InChI is InChI=1S/C14H24N2O3S/c1-10-3-4-11(2)16(8-10)14(19)15-5-6-20-9-12(15)7-13(17)18/h10-12H,3-9H2,1-2H3,(H,17,18). The fourth-order valence-corrected chi connectivity index (χ4v) is 4.06. The van der Waals surface area contributed by atoms with Crippen LogP contribution in [0.1, 0.15) is 33.1 Å². The monoisotopic (exact) mass is 300 g/mol. The van der Waals surface area contributed by atoms with E-state index in [4.69, 9.17) is 5.11 Å². The second-order valence-electron chi connectivity index (χ2n) is 5.99. The molecule has 20 heavy (non-hydrogen) atoms. The number of aliphatic carboxylic acids is 1. The third-order valence-corrected chi connectivity index (χ3v) is 5.34. The predicted molar refractivity (Wildman–Crippen MR) is 80.0 cm³/mol. The Morgan fingerprint density at radius 1 is 1.25 bits per heavy atom. The summed E-state index contributed by atoms with van der Waals surface area (Å²) in [7, 11) is 0. The summed E-state index contributed by atoms with van der Waals surface area (Å²) in [6.45, 7) is 5.73. The third kappa shape index (κ3) is 3.59. The first-order chi connectivity index (χ1) is 9.49. The van der Waals surface area contributed by atoms with Crippen molar-refractivity contribution >= 4 is 23.8 Å². The Labute approximate surface area is 124 Å². The van der Waals surface area contributed by atoms with Gasteiger partial charge in [-0.05, 0) is 25.7 Å². The summed E-state index contributed by atoms with van der Waals surface area (Å²) < 4.78 is 0. The Balaban J connectivity index is 2.06. The summed E-state index contributed by atoms with van der Waals surface area (Å²) in [4.78, 5) is 27.5. The second kappa shape index (κ2) is 6.70. The first kappa shape index (κ1) is 15.5. The van der Waals surface area contributed by atoms with Crippen molar-refractivity contribution in [2.75, 3.05) is 24.6 Å². The van der Waals surface area contributed by atoms with Crippen molar-refractivity contribution in [3.63, 3.8) is 0 Å². The van der Waals surface area contributed by atoms with Crippen molar-refractivity contribution in [2.24, 2.45) is 5.92 Å². The molecule has 0 aromatic heterocycles. The minimum absolute atomic E-state index is 0.0376. The summed E-state index contributed by atoms with van der Waals surface area (Å²) >= 11 is 1.74. The summed E-state index contributed by atoms with van der Waals surface area (Å²) in [6.07, 6.45) is 2.26. The smallest absolute Gasteiger partial charge is 0.320 e. The molecule has 0 aromatic carbocycles. The van der Waals surface area contributed by atoms with Crippen LogP contribution in [0.4, 0.5) is 4.79 Å². The van der Waals surface area contributed by atoms with E-state index in [1.165, 1.54) is 6.42 Å². The predicted octanol–water partition coefficient (Wildman–Crippen LogP) is 2.12. The number of nitrogens with zero attached hydrogens (tertiary/aromatic N) is 2. The number of carboxylic acid groups (broad SMARTS) is 1. The number of likely N-dealkylation sites (tertiary alicyclic amines) is 1. The Morgan fingerprint density at radius 2 is 2.00 bits per heavy atom. The molecule has 2 saturated heterocycles. The van der Waals surface area contributed by atoms with E-state index in [1.807, 2.05) is 4.90 Å². The number of carbonyl (C=O) groups excluding carboxylic acids is 1. The van der Waals surface area contributed by atoms with Gasteiger partial charge in [0.15, 0.2) is 0 Å². The van der Waals surface area contributed by atoms with Gasteiger partial charge in [0.2, 0.25) is 0 Å². The lowest BCUT2D eigenvalue weighted by Crippen LogP contribution is -2.56. The highest BCUT2D eigenvalue weighted by molar-refractivity contribution is 7.99. The maximum atomic E-state index is 12.8. The molecule has 1 N–H and O–H groups in total. The van der Waals surface area contributed by atoms with E-state index in [9.17, 15) is 9.59 Å². The highest BCUT2D eigenvalue weighted by atomic mass is 32.2. The molecule has 0 spiro atoms. The molecule has 2 aliphatic rings. The molecule has 6 heteroatoms. The van der Waals surface area contributed by atoms with E-state index in [2.05, 4.69) is 13.8 Å². The van der Waals surface area contributed by atoms with Gasteiger partial charge in [0.25, 0.3) is 0 Å². The fraction of sp³-hybridized carbons (Fsp3) is 0.857. The summed E-state index contributed by atoms with van der Waals surface area (Å²) in [6, 6.07) is 0.137. The molecule has 114 valence electrons. The zero-order valence-electron chi connectivity index (χ0n) is 12.2. The van der Waals surface area contributed by atoms with Crippen molar-refractivity contribution < 1.29 is 14.7 Å². The molecule has 2 amide bonds. The quantitative estimate of drug-likeness (QED) is 0.848. The molecule has 2 fully saturated rings. The zero-order chi connectivity index (χ0) is 14.7. The molecule has 5 nitrogen and oxygen atoms in total. The number of hydrogen-bond acceptors (Lipinski definition) is 3. The lowest BCUT2D eigenvalue weighted by Gasteiger charge is -2.43. The maximum absolute atomic E-state index is 12.8. The van der Waals surface area contributed by atoms with E-state index >= 15 is 0 Å². The van der Waals surface area contributed by atoms with Crippen LogP contribution < -0.4 is 0 Å². The fourth-order valence-electron chi connectivity index (χ4n) is 3.00. The number of rotatable bonds is 2.